The molecule has 2 aromatic heterocycles. The molecule has 0 unspecified atom stereocenters. The molecule has 3 aromatic rings. The minimum atomic E-state index is 0.115. The molecule has 0 fully saturated rings. The number of hydrogen-bond acceptors (Lipinski definition) is 3. The lowest BCUT2D eigenvalue weighted by Crippen LogP contribution is -2.41. The highest BCUT2D eigenvalue weighted by molar-refractivity contribution is 5.86. The van der Waals surface area contributed by atoms with Crippen molar-refractivity contribution in [2.45, 2.75) is 65.0 Å². The molecule has 1 aromatic carbocycles. The summed E-state index contributed by atoms with van der Waals surface area (Å²) in [5.41, 5.74) is 3.60. The van der Waals surface area contributed by atoms with Crippen LogP contribution in [0.25, 0.3) is 10.9 Å². The van der Waals surface area contributed by atoms with Gasteiger partial charge in [0.05, 0.1) is 0 Å². The lowest BCUT2D eigenvalue weighted by atomic mass is 10.0. The van der Waals surface area contributed by atoms with E-state index in [0.29, 0.717) is 12.3 Å². The Kier molecular flexibility index (Phi) is 4.72. The van der Waals surface area contributed by atoms with Crippen LogP contribution < -0.4 is 5.32 Å². The molecule has 0 bridgehead atoms. The van der Waals surface area contributed by atoms with Gasteiger partial charge in [-0.25, -0.2) is 0 Å². The molecule has 1 amide bonds. The number of carbonyl (C=O) groups excluding carboxylic acids is 1. The van der Waals surface area contributed by atoms with Gasteiger partial charge in [-0.2, -0.15) is 0 Å². The smallest absolute Gasteiger partial charge is 0.220 e. The van der Waals surface area contributed by atoms with Gasteiger partial charge >= 0.3 is 0 Å². The van der Waals surface area contributed by atoms with Crippen LogP contribution >= 0.6 is 0 Å². The zero-order chi connectivity index (χ0) is 19.0. The molecular formula is C21H27N5O. The monoisotopic (exact) mass is 365 g/mol. The summed E-state index contributed by atoms with van der Waals surface area (Å²) in [6, 6.07) is 6.45. The van der Waals surface area contributed by atoms with Crippen LogP contribution in [0.3, 0.4) is 0 Å². The maximum atomic E-state index is 12.5. The fourth-order valence-electron chi connectivity index (χ4n) is 4.01. The second-order valence-corrected chi connectivity index (χ2v) is 7.85. The molecule has 1 aliphatic rings. The number of fused-ring (bicyclic) bond motifs is 2. The summed E-state index contributed by atoms with van der Waals surface area (Å²) < 4.78 is 2.18. The van der Waals surface area contributed by atoms with E-state index in [1.807, 2.05) is 6.20 Å². The lowest BCUT2D eigenvalue weighted by Gasteiger charge is -2.26. The molecule has 0 saturated carbocycles. The molecular weight excluding hydrogens is 338 g/mol. The lowest BCUT2D eigenvalue weighted by molar-refractivity contribution is -0.122. The Balaban J connectivity index is 1.37. The molecule has 27 heavy (non-hydrogen) atoms. The molecule has 4 rings (SSSR count). The summed E-state index contributed by atoms with van der Waals surface area (Å²) >= 11 is 0. The quantitative estimate of drug-likeness (QED) is 0.729. The number of aromatic amines is 1. The predicted molar refractivity (Wildman–Crippen MR) is 106 cm³/mol. The van der Waals surface area contributed by atoms with Gasteiger partial charge in [-0.05, 0) is 30.9 Å². The van der Waals surface area contributed by atoms with E-state index >= 15 is 0 Å². The first-order valence-corrected chi connectivity index (χ1v) is 9.80. The van der Waals surface area contributed by atoms with Crippen LogP contribution in [-0.4, -0.2) is 31.7 Å². The topological polar surface area (TPSA) is 75.6 Å². The van der Waals surface area contributed by atoms with Crippen LogP contribution in [0.5, 0.6) is 0 Å². The van der Waals surface area contributed by atoms with Crippen molar-refractivity contribution in [3.63, 3.8) is 0 Å². The largest absolute Gasteiger partial charge is 0.361 e. The highest BCUT2D eigenvalue weighted by Crippen LogP contribution is 2.23. The number of benzene rings is 1. The number of amides is 1. The minimum absolute atomic E-state index is 0.115. The van der Waals surface area contributed by atoms with Crippen LogP contribution in [0.4, 0.5) is 0 Å². The summed E-state index contributed by atoms with van der Waals surface area (Å²) in [5, 5.41) is 13.0. The SMILES string of the molecule is Cc1cccc2c(CCC(=O)N[C@@H]3CCc4nnc(C(C)C)n4C3)c[nH]c12. The number of para-hydroxylation sites is 1. The second-order valence-electron chi connectivity index (χ2n) is 7.85. The van der Waals surface area contributed by atoms with Crippen molar-refractivity contribution in [1.82, 2.24) is 25.1 Å². The number of hydrogen-bond donors (Lipinski definition) is 2. The molecule has 0 spiro atoms. The average molecular weight is 365 g/mol. The van der Waals surface area contributed by atoms with Crippen LogP contribution in [0.2, 0.25) is 0 Å². The maximum Gasteiger partial charge on any atom is 0.220 e. The van der Waals surface area contributed by atoms with E-state index in [9.17, 15) is 4.79 Å². The van der Waals surface area contributed by atoms with Crippen molar-refractivity contribution in [2.75, 3.05) is 0 Å². The van der Waals surface area contributed by atoms with Crippen molar-refractivity contribution in [2.24, 2.45) is 0 Å². The minimum Gasteiger partial charge on any atom is -0.361 e. The highest BCUT2D eigenvalue weighted by Gasteiger charge is 2.25. The fraction of sp³-hybridized carbons (Fsp3) is 0.476. The Morgan fingerprint density at radius 3 is 3.04 bits per heavy atom. The second kappa shape index (κ2) is 7.18. The third kappa shape index (κ3) is 3.48. The summed E-state index contributed by atoms with van der Waals surface area (Å²) in [5.74, 6) is 2.51. The molecule has 0 aliphatic carbocycles. The Labute approximate surface area is 159 Å². The molecule has 6 nitrogen and oxygen atoms in total. The van der Waals surface area contributed by atoms with Gasteiger partial charge < -0.3 is 14.9 Å². The van der Waals surface area contributed by atoms with Gasteiger partial charge in [0.1, 0.15) is 11.6 Å². The summed E-state index contributed by atoms with van der Waals surface area (Å²) in [6.07, 6.45) is 5.07. The Morgan fingerprint density at radius 1 is 1.37 bits per heavy atom. The number of aryl methyl sites for hydroxylation is 3. The average Bonchev–Trinajstić information content (AvgIpc) is 3.24. The molecule has 1 atom stereocenters. The van der Waals surface area contributed by atoms with Gasteiger partial charge in [-0.1, -0.05) is 32.0 Å². The van der Waals surface area contributed by atoms with E-state index in [1.54, 1.807) is 0 Å². The first-order chi connectivity index (χ1) is 13.0. The van der Waals surface area contributed by atoms with Gasteiger partial charge in [0.15, 0.2) is 0 Å². The van der Waals surface area contributed by atoms with Gasteiger partial charge in [0.25, 0.3) is 0 Å². The van der Waals surface area contributed by atoms with Crippen LogP contribution in [0.1, 0.15) is 55.4 Å². The number of rotatable bonds is 5. The van der Waals surface area contributed by atoms with E-state index in [4.69, 9.17) is 0 Å². The molecule has 1 aliphatic heterocycles. The first kappa shape index (κ1) is 17.8. The number of aromatic nitrogens is 4. The van der Waals surface area contributed by atoms with Crippen molar-refractivity contribution in [3.8, 4) is 0 Å². The van der Waals surface area contributed by atoms with Crippen LogP contribution in [0, 0.1) is 6.92 Å². The Morgan fingerprint density at radius 2 is 2.22 bits per heavy atom. The van der Waals surface area contributed by atoms with E-state index in [0.717, 1.165) is 37.5 Å². The maximum absolute atomic E-state index is 12.5. The van der Waals surface area contributed by atoms with Crippen molar-refractivity contribution in [1.29, 1.82) is 0 Å². The van der Waals surface area contributed by atoms with Crippen molar-refractivity contribution in [3.05, 3.63) is 47.2 Å². The number of nitrogens with zero attached hydrogens (tertiary/aromatic N) is 3. The summed E-state index contributed by atoms with van der Waals surface area (Å²) in [7, 11) is 0. The third-order valence-electron chi connectivity index (χ3n) is 5.49. The number of carbonyl (C=O) groups is 1. The summed E-state index contributed by atoms with van der Waals surface area (Å²) in [4.78, 5) is 15.9. The number of nitrogens with one attached hydrogen (secondary N) is 2. The van der Waals surface area contributed by atoms with Gasteiger partial charge in [-0.3, -0.25) is 4.79 Å². The van der Waals surface area contributed by atoms with Gasteiger partial charge in [0.2, 0.25) is 5.91 Å². The van der Waals surface area contributed by atoms with E-state index in [1.165, 1.54) is 22.0 Å². The number of H-pyrrole nitrogens is 1. The van der Waals surface area contributed by atoms with Gasteiger partial charge in [0, 0.05) is 48.4 Å². The summed E-state index contributed by atoms with van der Waals surface area (Å²) in [6.45, 7) is 7.13. The molecule has 2 N–H and O–H groups in total. The molecule has 142 valence electrons. The molecule has 0 saturated heterocycles. The third-order valence-corrected chi connectivity index (χ3v) is 5.49. The van der Waals surface area contributed by atoms with E-state index < -0.39 is 0 Å². The first-order valence-electron chi connectivity index (χ1n) is 9.80. The predicted octanol–water partition coefficient (Wildman–Crippen LogP) is 3.26. The molecule has 0 radical (unpaired) electrons. The zero-order valence-corrected chi connectivity index (χ0v) is 16.2. The van der Waals surface area contributed by atoms with Crippen molar-refractivity contribution < 1.29 is 4.79 Å². The fourth-order valence-corrected chi connectivity index (χ4v) is 4.01. The van der Waals surface area contributed by atoms with Crippen LogP contribution in [0.15, 0.2) is 24.4 Å². The van der Waals surface area contributed by atoms with E-state index in [-0.39, 0.29) is 11.9 Å². The van der Waals surface area contributed by atoms with Crippen LogP contribution in [-0.2, 0) is 24.2 Å². The molecule has 3 heterocycles. The van der Waals surface area contributed by atoms with Crippen molar-refractivity contribution >= 4 is 16.8 Å². The van der Waals surface area contributed by atoms with E-state index in [2.05, 4.69) is 64.0 Å². The Bertz CT molecular complexity index is 968. The zero-order valence-electron chi connectivity index (χ0n) is 16.2. The standard InChI is InChI=1S/C21H27N5O/c1-13(2)21-25-24-18-9-8-16(12-26(18)21)23-19(27)10-7-15-11-22-20-14(3)5-4-6-17(15)20/h4-6,11,13,16,22H,7-10,12H2,1-3H3,(H,23,27)/t16-/m1/s1. The normalized spacial score (nSPS) is 16.7. The van der Waals surface area contributed by atoms with Gasteiger partial charge in [-0.15, -0.1) is 10.2 Å². The molecule has 6 heteroatoms. The Hall–Kier alpha value is -2.63. The highest BCUT2D eigenvalue weighted by atomic mass is 16.1.